The van der Waals surface area contributed by atoms with E-state index >= 15 is 0 Å². The van der Waals surface area contributed by atoms with Crippen LogP contribution in [-0.4, -0.2) is 20.6 Å². The molecule has 3 rings (SSSR count). The third kappa shape index (κ3) is 3.61. The van der Waals surface area contributed by atoms with Gasteiger partial charge in [0.25, 0.3) is 11.6 Å². The summed E-state index contributed by atoms with van der Waals surface area (Å²) >= 11 is 0. The molecule has 26 heavy (non-hydrogen) atoms. The van der Waals surface area contributed by atoms with Crippen molar-refractivity contribution < 1.29 is 9.72 Å². The number of benzene rings is 2. The molecule has 7 heteroatoms. The van der Waals surface area contributed by atoms with Gasteiger partial charge < -0.3 is 5.32 Å². The second-order valence-corrected chi connectivity index (χ2v) is 5.95. The monoisotopic (exact) mass is 350 g/mol. The number of amides is 1. The Morgan fingerprint density at radius 3 is 2.38 bits per heavy atom. The maximum absolute atomic E-state index is 12.4. The largest absolute Gasteiger partial charge is 0.319 e. The Hall–Kier alpha value is -3.48. The number of nitro groups is 1. The normalized spacial score (nSPS) is 10.5. The van der Waals surface area contributed by atoms with Crippen molar-refractivity contribution in [2.75, 3.05) is 5.32 Å². The maximum atomic E-state index is 12.4. The van der Waals surface area contributed by atoms with Crippen LogP contribution in [0.5, 0.6) is 0 Å². The number of non-ortho nitro benzene ring substituents is 1. The van der Waals surface area contributed by atoms with Gasteiger partial charge in [-0.2, -0.15) is 5.10 Å². The highest BCUT2D eigenvalue weighted by atomic mass is 16.6. The predicted molar refractivity (Wildman–Crippen MR) is 98.3 cm³/mol. The van der Waals surface area contributed by atoms with Crippen LogP contribution in [0.3, 0.4) is 0 Å². The van der Waals surface area contributed by atoms with Crippen LogP contribution in [0, 0.1) is 24.0 Å². The molecular weight excluding hydrogens is 332 g/mol. The molecule has 0 aliphatic carbocycles. The predicted octanol–water partition coefficient (Wildman–Crippen LogP) is 3.71. The fourth-order valence-corrected chi connectivity index (χ4v) is 2.71. The molecule has 0 aliphatic rings. The molecule has 0 spiro atoms. The molecule has 0 unspecified atom stereocenters. The maximum Gasteiger partial charge on any atom is 0.269 e. The molecule has 1 heterocycles. The van der Waals surface area contributed by atoms with E-state index in [1.54, 1.807) is 0 Å². The number of carbonyl (C=O) groups is 1. The van der Waals surface area contributed by atoms with Gasteiger partial charge in [-0.25, -0.2) is 0 Å². The third-order valence-corrected chi connectivity index (χ3v) is 4.14. The smallest absolute Gasteiger partial charge is 0.269 e. The van der Waals surface area contributed by atoms with E-state index in [0.717, 1.165) is 11.3 Å². The molecule has 0 fully saturated rings. The summed E-state index contributed by atoms with van der Waals surface area (Å²) in [6.45, 7) is 4.34. The summed E-state index contributed by atoms with van der Waals surface area (Å²) in [6.07, 6.45) is 0. The van der Waals surface area contributed by atoms with Crippen LogP contribution >= 0.6 is 0 Å². The minimum Gasteiger partial charge on any atom is -0.319 e. The number of hydrogen-bond donors (Lipinski definition) is 1. The van der Waals surface area contributed by atoms with Crippen molar-refractivity contribution in [2.45, 2.75) is 20.4 Å². The van der Waals surface area contributed by atoms with E-state index in [1.165, 1.54) is 24.3 Å². The summed E-state index contributed by atoms with van der Waals surface area (Å²) in [4.78, 5) is 22.7. The lowest BCUT2D eigenvalue weighted by Gasteiger charge is -2.07. The molecular formula is C19H18N4O3. The molecule has 0 bridgehead atoms. The van der Waals surface area contributed by atoms with Gasteiger partial charge in [0, 0.05) is 17.7 Å². The topological polar surface area (TPSA) is 90.1 Å². The van der Waals surface area contributed by atoms with Gasteiger partial charge in [0.05, 0.1) is 28.5 Å². The van der Waals surface area contributed by atoms with Gasteiger partial charge >= 0.3 is 0 Å². The fraction of sp³-hybridized carbons (Fsp3) is 0.158. The van der Waals surface area contributed by atoms with E-state index in [1.807, 2.05) is 48.9 Å². The van der Waals surface area contributed by atoms with E-state index < -0.39 is 4.92 Å². The van der Waals surface area contributed by atoms with Gasteiger partial charge in [-0.1, -0.05) is 30.3 Å². The van der Waals surface area contributed by atoms with Crippen LogP contribution in [0.1, 0.15) is 27.3 Å². The lowest BCUT2D eigenvalue weighted by molar-refractivity contribution is -0.384. The number of aromatic nitrogens is 2. The molecule has 3 aromatic rings. The zero-order valence-electron chi connectivity index (χ0n) is 14.5. The van der Waals surface area contributed by atoms with E-state index in [-0.39, 0.29) is 11.6 Å². The van der Waals surface area contributed by atoms with E-state index in [4.69, 9.17) is 0 Å². The molecule has 2 aromatic carbocycles. The van der Waals surface area contributed by atoms with Crippen molar-refractivity contribution in [1.29, 1.82) is 0 Å². The summed E-state index contributed by atoms with van der Waals surface area (Å²) in [5, 5.41) is 18.1. The first-order valence-electron chi connectivity index (χ1n) is 8.09. The van der Waals surface area contributed by atoms with E-state index in [0.29, 0.717) is 23.5 Å². The fourth-order valence-electron chi connectivity index (χ4n) is 2.71. The highest BCUT2D eigenvalue weighted by Crippen LogP contribution is 2.22. The van der Waals surface area contributed by atoms with Crippen molar-refractivity contribution in [1.82, 2.24) is 9.78 Å². The van der Waals surface area contributed by atoms with Crippen LogP contribution in [0.25, 0.3) is 0 Å². The van der Waals surface area contributed by atoms with Crippen molar-refractivity contribution in [3.8, 4) is 0 Å². The molecule has 0 saturated carbocycles. The Labute approximate surface area is 150 Å². The molecule has 1 aromatic heterocycles. The molecule has 1 amide bonds. The van der Waals surface area contributed by atoms with Crippen LogP contribution in [0.2, 0.25) is 0 Å². The van der Waals surface area contributed by atoms with Gasteiger partial charge in [0.1, 0.15) is 0 Å². The Morgan fingerprint density at radius 1 is 1.12 bits per heavy atom. The number of rotatable bonds is 5. The Morgan fingerprint density at radius 2 is 1.77 bits per heavy atom. The van der Waals surface area contributed by atoms with Gasteiger partial charge in [-0.05, 0) is 31.5 Å². The molecule has 0 aliphatic heterocycles. The first-order valence-corrected chi connectivity index (χ1v) is 8.09. The van der Waals surface area contributed by atoms with Crippen molar-refractivity contribution in [3.63, 3.8) is 0 Å². The van der Waals surface area contributed by atoms with Crippen molar-refractivity contribution in [2.24, 2.45) is 0 Å². The van der Waals surface area contributed by atoms with E-state index in [9.17, 15) is 14.9 Å². The van der Waals surface area contributed by atoms with E-state index in [2.05, 4.69) is 10.4 Å². The number of nitro benzene ring substituents is 1. The summed E-state index contributed by atoms with van der Waals surface area (Å²) in [7, 11) is 0. The summed E-state index contributed by atoms with van der Waals surface area (Å²) in [5.74, 6) is -0.328. The highest BCUT2D eigenvalue weighted by molar-refractivity contribution is 6.05. The number of aryl methyl sites for hydroxylation is 1. The van der Waals surface area contributed by atoms with Gasteiger partial charge in [0.15, 0.2) is 0 Å². The number of carbonyl (C=O) groups excluding carboxylic acids is 1. The first-order chi connectivity index (χ1) is 12.5. The Balaban J connectivity index is 1.79. The first kappa shape index (κ1) is 17.3. The minimum atomic E-state index is -0.496. The van der Waals surface area contributed by atoms with Crippen LogP contribution in [0.15, 0.2) is 54.6 Å². The average Bonchev–Trinajstić information content (AvgIpc) is 2.90. The third-order valence-electron chi connectivity index (χ3n) is 4.14. The second-order valence-electron chi connectivity index (χ2n) is 5.95. The Kier molecular flexibility index (Phi) is 4.79. The number of nitrogens with zero attached hydrogens (tertiary/aromatic N) is 3. The molecule has 0 saturated heterocycles. The standard InChI is InChI=1S/C19H18N4O3/c1-13-18(14(2)22(21-13)12-15-6-4-3-5-7-15)20-19(24)16-8-10-17(11-9-16)23(25)26/h3-11H,12H2,1-2H3,(H,20,24). The van der Waals surface area contributed by atoms with Gasteiger partial charge in [0.2, 0.25) is 0 Å². The average molecular weight is 350 g/mol. The Bertz CT molecular complexity index is 947. The second kappa shape index (κ2) is 7.18. The lowest BCUT2D eigenvalue weighted by Crippen LogP contribution is -2.13. The number of hydrogen-bond acceptors (Lipinski definition) is 4. The molecule has 132 valence electrons. The molecule has 0 atom stereocenters. The quantitative estimate of drug-likeness (QED) is 0.561. The van der Waals surface area contributed by atoms with Crippen LogP contribution in [0.4, 0.5) is 11.4 Å². The van der Waals surface area contributed by atoms with Crippen molar-refractivity contribution >= 4 is 17.3 Å². The zero-order valence-corrected chi connectivity index (χ0v) is 14.5. The number of anilines is 1. The van der Waals surface area contributed by atoms with Crippen LogP contribution in [-0.2, 0) is 6.54 Å². The summed E-state index contributed by atoms with van der Waals surface area (Å²) in [6, 6.07) is 15.4. The molecule has 1 N–H and O–H groups in total. The zero-order chi connectivity index (χ0) is 18.7. The minimum absolute atomic E-state index is 0.0513. The highest BCUT2D eigenvalue weighted by Gasteiger charge is 2.16. The SMILES string of the molecule is Cc1nn(Cc2ccccc2)c(C)c1NC(=O)c1ccc([N+](=O)[O-])cc1. The summed E-state index contributed by atoms with van der Waals surface area (Å²) in [5.41, 5.74) is 3.64. The molecule has 7 nitrogen and oxygen atoms in total. The van der Waals surface area contributed by atoms with Crippen molar-refractivity contribution in [3.05, 3.63) is 87.2 Å². The van der Waals surface area contributed by atoms with Gasteiger partial charge in [-0.15, -0.1) is 0 Å². The van der Waals surface area contributed by atoms with Gasteiger partial charge in [-0.3, -0.25) is 19.6 Å². The lowest BCUT2D eigenvalue weighted by atomic mass is 10.2. The summed E-state index contributed by atoms with van der Waals surface area (Å²) < 4.78 is 1.84. The number of nitrogens with one attached hydrogen (secondary N) is 1. The molecule has 0 radical (unpaired) electrons. The van der Waals surface area contributed by atoms with Crippen LogP contribution < -0.4 is 5.32 Å².